The first-order chi connectivity index (χ1) is 10.0. The van der Waals surface area contributed by atoms with Gasteiger partial charge in [-0.15, -0.1) is 0 Å². The van der Waals surface area contributed by atoms with Crippen LogP contribution in [0.1, 0.15) is 17.4 Å². The Hall–Kier alpha value is -2.61. The molecule has 21 heavy (non-hydrogen) atoms. The van der Waals surface area contributed by atoms with E-state index in [1.54, 1.807) is 6.92 Å². The zero-order valence-electron chi connectivity index (χ0n) is 10.7. The average Bonchev–Trinajstić information content (AvgIpc) is 2.90. The van der Waals surface area contributed by atoms with Gasteiger partial charge in [0.15, 0.2) is 11.4 Å². The zero-order chi connectivity index (χ0) is 15.4. The highest BCUT2D eigenvalue weighted by atomic mass is 35.5. The molecule has 0 atom stereocenters. The van der Waals surface area contributed by atoms with Crippen molar-refractivity contribution >= 4 is 23.3 Å². The number of ether oxygens (including phenoxy) is 2. The monoisotopic (exact) mass is 312 g/mol. The van der Waals surface area contributed by atoms with Gasteiger partial charge in [0.1, 0.15) is 6.26 Å². The lowest BCUT2D eigenvalue weighted by Crippen LogP contribution is -2.04. The molecule has 0 amide bonds. The van der Waals surface area contributed by atoms with Gasteiger partial charge in [-0.05, 0) is 13.0 Å². The lowest BCUT2D eigenvalue weighted by molar-refractivity contribution is -0.384. The Morgan fingerprint density at radius 1 is 1.52 bits per heavy atom. The van der Waals surface area contributed by atoms with E-state index in [1.165, 1.54) is 12.1 Å². The number of esters is 1. The van der Waals surface area contributed by atoms with Crippen molar-refractivity contribution in [2.75, 3.05) is 6.61 Å². The number of hydrogen-bond acceptors (Lipinski definition) is 7. The molecule has 0 spiro atoms. The van der Waals surface area contributed by atoms with E-state index in [-0.39, 0.29) is 34.8 Å². The fraction of sp³-hybridized carbons (Fsp3) is 0.167. The number of carbonyl (C=O) groups excluding carboxylic acids is 1. The lowest BCUT2D eigenvalue weighted by atomic mass is 10.3. The third-order valence-electron chi connectivity index (χ3n) is 2.29. The van der Waals surface area contributed by atoms with E-state index < -0.39 is 10.9 Å². The molecule has 1 aromatic heterocycles. The average molecular weight is 313 g/mol. The summed E-state index contributed by atoms with van der Waals surface area (Å²) in [5.41, 5.74) is -0.278. The van der Waals surface area contributed by atoms with E-state index >= 15 is 0 Å². The summed E-state index contributed by atoms with van der Waals surface area (Å²) in [6.07, 6.45) is 0.777. The molecular formula is C12H9ClN2O6. The van der Waals surface area contributed by atoms with Crippen LogP contribution in [0.4, 0.5) is 5.69 Å². The van der Waals surface area contributed by atoms with E-state index in [0.29, 0.717) is 0 Å². The van der Waals surface area contributed by atoms with Crippen LogP contribution >= 0.6 is 11.6 Å². The predicted molar refractivity (Wildman–Crippen MR) is 70.6 cm³/mol. The lowest BCUT2D eigenvalue weighted by Gasteiger charge is -2.02. The number of nitrogens with zero attached hydrogens (tertiary/aromatic N) is 2. The smallest absolute Gasteiger partial charge is 0.399 e. The van der Waals surface area contributed by atoms with E-state index in [1.807, 2.05) is 0 Å². The van der Waals surface area contributed by atoms with E-state index in [4.69, 9.17) is 25.5 Å². The van der Waals surface area contributed by atoms with Crippen molar-refractivity contribution in [1.82, 2.24) is 4.98 Å². The minimum absolute atomic E-state index is 0.0110. The standard InChI is InChI=1S/C12H9ClN2O6/c1-2-19-11(16)9-6-20-12(14-9)21-10-5-7(15(17)18)3-4-8(10)13/h3-6H,2H2,1H3. The minimum atomic E-state index is -0.666. The molecule has 0 saturated carbocycles. The Kier molecular flexibility index (Phi) is 4.39. The van der Waals surface area contributed by atoms with Gasteiger partial charge in [0.25, 0.3) is 5.69 Å². The molecule has 9 heteroatoms. The van der Waals surface area contributed by atoms with Crippen LogP contribution in [0.2, 0.25) is 5.02 Å². The summed E-state index contributed by atoms with van der Waals surface area (Å²) in [5, 5.41) is 10.8. The molecule has 0 fully saturated rings. The Labute approximate surface area is 123 Å². The fourth-order valence-corrected chi connectivity index (χ4v) is 1.54. The third kappa shape index (κ3) is 3.48. The molecule has 0 aliphatic carbocycles. The second-order valence-corrected chi connectivity index (χ2v) is 4.10. The maximum absolute atomic E-state index is 11.4. The Morgan fingerprint density at radius 2 is 2.29 bits per heavy atom. The Balaban J connectivity index is 2.20. The SMILES string of the molecule is CCOC(=O)c1coc(Oc2cc([N+](=O)[O-])ccc2Cl)n1. The topological polar surface area (TPSA) is 105 Å². The number of hydrogen-bond donors (Lipinski definition) is 0. The molecule has 0 aliphatic heterocycles. The second-order valence-electron chi connectivity index (χ2n) is 3.69. The number of carbonyl (C=O) groups is 1. The highest BCUT2D eigenvalue weighted by Gasteiger charge is 2.17. The first kappa shape index (κ1) is 14.8. The molecule has 0 N–H and O–H groups in total. The van der Waals surface area contributed by atoms with Crippen LogP contribution in [0, 0.1) is 10.1 Å². The summed E-state index contributed by atoms with van der Waals surface area (Å²) in [5.74, 6) is -0.677. The summed E-state index contributed by atoms with van der Waals surface area (Å²) in [6, 6.07) is 3.66. The number of aromatic nitrogens is 1. The molecule has 0 radical (unpaired) electrons. The van der Waals surface area contributed by atoms with Crippen molar-refractivity contribution in [2.24, 2.45) is 0 Å². The van der Waals surface area contributed by atoms with Crippen molar-refractivity contribution in [1.29, 1.82) is 0 Å². The highest BCUT2D eigenvalue weighted by molar-refractivity contribution is 6.32. The van der Waals surface area contributed by atoms with Gasteiger partial charge in [0, 0.05) is 6.07 Å². The van der Waals surface area contributed by atoms with Gasteiger partial charge in [-0.2, -0.15) is 4.98 Å². The van der Waals surface area contributed by atoms with Crippen LogP contribution in [0.3, 0.4) is 0 Å². The van der Waals surface area contributed by atoms with Crippen LogP contribution in [-0.2, 0) is 4.74 Å². The molecule has 1 heterocycles. The van der Waals surface area contributed by atoms with Gasteiger partial charge >= 0.3 is 12.0 Å². The van der Waals surface area contributed by atoms with Crippen LogP contribution in [0.5, 0.6) is 11.8 Å². The van der Waals surface area contributed by atoms with Crippen molar-refractivity contribution in [3.63, 3.8) is 0 Å². The molecule has 2 aromatic rings. The van der Waals surface area contributed by atoms with Gasteiger partial charge < -0.3 is 13.9 Å². The number of benzene rings is 1. The Morgan fingerprint density at radius 3 is 2.95 bits per heavy atom. The molecule has 110 valence electrons. The van der Waals surface area contributed by atoms with Gasteiger partial charge in [-0.3, -0.25) is 10.1 Å². The molecule has 1 aromatic carbocycles. The van der Waals surface area contributed by atoms with Gasteiger partial charge in [0.2, 0.25) is 0 Å². The largest absolute Gasteiger partial charge is 0.461 e. The summed E-state index contributed by atoms with van der Waals surface area (Å²) < 4.78 is 14.8. The Bertz CT molecular complexity index is 684. The predicted octanol–water partition coefficient (Wildman–Crippen LogP) is 3.21. The zero-order valence-corrected chi connectivity index (χ0v) is 11.5. The second kappa shape index (κ2) is 6.23. The van der Waals surface area contributed by atoms with Crippen LogP contribution in [0.15, 0.2) is 28.9 Å². The highest BCUT2D eigenvalue weighted by Crippen LogP contribution is 2.32. The molecule has 8 nitrogen and oxygen atoms in total. The molecular weight excluding hydrogens is 304 g/mol. The van der Waals surface area contributed by atoms with Crippen molar-refractivity contribution in [2.45, 2.75) is 6.92 Å². The number of oxazole rings is 1. The molecule has 0 aliphatic rings. The van der Waals surface area contributed by atoms with Crippen LogP contribution in [-0.4, -0.2) is 22.5 Å². The van der Waals surface area contributed by atoms with E-state index in [2.05, 4.69) is 4.98 Å². The number of non-ortho nitro benzene ring substituents is 1. The molecule has 2 rings (SSSR count). The quantitative estimate of drug-likeness (QED) is 0.474. The molecule has 0 bridgehead atoms. The van der Waals surface area contributed by atoms with Gasteiger partial charge in [0.05, 0.1) is 22.6 Å². The first-order valence-corrected chi connectivity index (χ1v) is 6.13. The number of rotatable bonds is 5. The van der Waals surface area contributed by atoms with Crippen molar-refractivity contribution in [3.05, 3.63) is 45.3 Å². The van der Waals surface area contributed by atoms with Gasteiger partial charge in [-0.1, -0.05) is 11.6 Å². The van der Waals surface area contributed by atoms with E-state index in [9.17, 15) is 14.9 Å². The van der Waals surface area contributed by atoms with Crippen molar-refractivity contribution in [3.8, 4) is 11.8 Å². The first-order valence-electron chi connectivity index (χ1n) is 5.75. The summed E-state index contributed by atoms with van der Waals surface area (Å²) >= 11 is 5.86. The fourth-order valence-electron chi connectivity index (χ4n) is 1.38. The number of halogens is 1. The maximum Gasteiger partial charge on any atom is 0.399 e. The molecule has 0 saturated heterocycles. The number of nitro groups is 1. The summed E-state index contributed by atoms with van der Waals surface area (Å²) in [4.78, 5) is 25.2. The van der Waals surface area contributed by atoms with Gasteiger partial charge in [-0.25, -0.2) is 4.79 Å². The summed E-state index contributed by atoms with van der Waals surface area (Å²) in [7, 11) is 0. The molecule has 0 unspecified atom stereocenters. The van der Waals surface area contributed by atoms with Crippen LogP contribution in [0.25, 0.3) is 0 Å². The number of nitro benzene ring substituents is 1. The normalized spacial score (nSPS) is 10.2. The van der Waals surface area contributed by atoms with Crippen LogP contribution < -0.4 is 4.74 Å². The summed E-state index contributed by atoms with van der Waals surface area (Å²) in [6.45, 7) is 1.84. The van der Waals surface area contributed by atoms with E-state index in [0.717, 1.165) is 12.3 Å². The maximum atomic E-state index is 11.4. The third-order valence-corrected chi connectivity index (χ3v) is 2.60. The minimum Gasteiger partial charge on any atom is -0.461 e. The van der Waals surface area contributed by atoms with Crippen molar-refractivity contribution < 1.29 is 23.6 Å².